The summed E-state index contributed by atoms with van der Waals surface area (Å²) in [6, 6.07) is 11.2. The summed E-state index contributed by atoms with van der Waals surface area (Å²) in [5.74, 6) is 0.486. The summed E-state index contributed by atoms with van der Waals surface area (Å²) in [4.78, 5) is 24.3. The molecule has 1 N–H and O–H groups in total. The fourth-order valence-corrected chi connectivity index (χ4v) is 2.93. The molecule has 0 aliphatic carbocycles. The maximum atomic E-state index is 12.3. The van der Waals surface area contributed by atoms with Crippen LogP contribution in [0.5, 0.6) is 11.5 Å². The van der Waals surface area contributed by atoms with Gasteiger partial charge in [-0.25, -0.2) is 4.79 Å². The van der Waals surface area contributed by atoms with Crippen molar-refractivity contribution in [3.8, 4) is 11.5 Å². The Bertz CT molecular complexity index is 918. The van der Waals surface area contributed by atoms with Gasteiger partial charge < -0.3 is 19.5 Å². The van der Waals surface area contributed by atoms with Crippen LogP contribution in [0.25, 0.3) is 6.08 Å². The molecule has 6 nitrogen and oxygen atoms in total. The van der Waals surface area contributed by atoms with Crippen molar-refractivity contribution in [1.82, 2.24) is 0 Å². The molecule has 0 fully saturated rings. The second-order valence-corrected chi connectivity index (χ2v) is 7.03. The minimum absolute atomic E-state index is 0.261. The molecular formula is C24H29NO5. The second-order valence-electron chi connectivity index (χ2n) is 7.03. The Morgan fingerprint density at radius 3 is 2.57 bits per heavy atom. The Hall–Kier alpha value is -3.28. The molecule has 2 aromatic rings. The van der Waals surface area contributed by atoms with Gasteiger partial charge in [0.15, 0.2) is 18.1 Å². The number of carbonyl (C=O) groups excluding carboxylic acids is 2. The topological polar surface area (TPSA) is 73.9 Å². The molecule has 160 valence electrons. The standard InChI is InChI=1S/C24H29NO5/c1-6-29-21-14-18(10-12-20(21)28-5)11-13-23(27)30-15-22(26)25-24-17(4)8-7-9-19(24)16(2)3/h7-14,16H,6,15H2,1-5H3,(H,25,26)/b13-11+. The molecule has 0 aromatic heterocycles. The Morgan fingerprint density at radius 1 is 1.13 bits per heavy atom. The number of para-hydroxylation sites is 1. The van der Waals surface area contributed by atoms with Crippen LogP contribution in [0, 0.1) is 6.92 Å². The van der Waals surface area contributed by atoms with Gasteiger partial charge in [-0.05, 0) is 54.7 Å². The van der Waals surface area contributed by atoms with Crippen molar-refractivity contribution >= 4 is 23.6 Å². The number of aryl methyl sites for hydroxylation is 1. The summed E-state index contributed by atoms with van der Waals surface area (Å²) >= 11 is 0. The largest absolute Gasteiger partial charge is 0.493 e. The van der Waals surface area contributed by atoms with Gasteiger partial charge in [-0.3, -0.25) is 4.79 Å². The molecule has 0 aliphatic rings. The number of carbonyl (C=O) groups is 2. The molecule has 0 bridgehead atoms. The predicted octanol–water partition coefficient (Wildman–Crippen LogP) is 4.72. The van der Waals surface area contributed by atoms with E-state index in [1.165, 1.54) is 6.08 Å². The molecule has 6 heteroatoms. The highest BCUT2D eigenvalue weighted by Gasteiger charge is 2.13. The molecule has 0 spiro atoms. The van der Waals surface area contributed by atoms with E-state index in [9.17, 15) is 9.59 Å². The quantitative estimate of drug-likeness (QED) is 0.477. The lowest BCUT2D eigenvalue weighted by molar-refractivity contribution is -0.142. The zero-order chi connectivity index (χ0) is 22.1. The van der Waals surface area contributed by atoms with E-state index >= 15 is 0 Å². The van der Waals surface area contributed by atoms with Gasteiger partial charge in [0.25, 0.3) is 5.91 Å². The van der Waals surface area contributed by atoms with Crippen molar-refractivity contribution in [1.29, 1.82) is 0 Å². The average Bonchev–Trinajstić information content (AvgIpc) is 2.72. The van der Waals surface area contributed by atoms with Crippen LogP contribution >= 0.6 is 0 Å². The summed E-state index contributed by atoms with van der Waals surface area (Å²) in [6.07, 6.45) is 2.87. The fraction of sp³-hybridized carbons (Fsp3) is 0.333. The first kappa shape index (κ1) is 23.0. The van der Waals surface area contributed by atoms with Gasteiger partial charge in [-0.1, -0.05) is 38.1 Å². The van der Waals surface area contributed by atoms with Gasteiger partial charge in [-0.15, -0.1) is 0 Å². The molecular weight excluding hydrogens is 382 g/mol. The SMILES string of the molecule is CCOc1cc(/C=C/C(=O)OCC(=O)Nc2c(C)cccc2C(C)C)ccc1OC. The van der Waals surface area contributed by atoms with Crippen LogP contribution < -0.4 is 14.8 Å². The van der Waals surface area contributed by atoms with Crippen molar-refractivity contribution in [2.45, 2.75) is 33.6 Å². The predicted molar refractivity (Wildman–Crippen MR) is 118 cm³/mol. The van der Waals surface area contributed by atoms with Crippen LogP contribution in [0.2, 0.25) is 0 Å². The number of amides is 1. The molecule has 0 aliphatic heterocycles. The van der Waals surface area contributed by atoms with Crippen LogP contribution in [0.4, 0.5) is 5.69 Å². The van der Waals surface area contributed by atoms with Gasteiger partial charge in [0.2, 0.25) is 0 Å². The third kappa shape index (κ3) is 6.37. The Kier molecular flexibility index (Phi) is 8.47. The Morgan fingerprint density at radius 2 is 1.90 bits per heavy atom. The highest BCUT2D eigenvalue weighted by Crippen LogP contribution is 2.29. The monoisotopic (exact) mass is 411 g/mol. The van der Waals surface area contributed by atoms with Gasteiger partial charge in [0.1, 0.15) is 0 Å². The lowest BCUT2D eigenvalue weighted by atomic mass is 9.98. The van der Waals surface area contributed by atoms with E-state index in [2.05, 4.69) is 19.2 Å². The number of esters is 1. The molecule has 0 saturated heterocycles. The highest BCUT2D eigenvalue weighted by atomic mass is 16.5. The van der Waals surface area contributed by atoms with E-state index in [1.807, 2.05) is 32.0 Å². The van der Waals surface area contributed by atoms with Gasteiger partial charge in [-0.2, -0.15) is 0 Å². The van der Waals surface area contributed by atoms with E-state index in [4.69, 9.17) is 14.2 Å². The second kappa shape index (κ2) is 11.0. The average molecular weight is 411 g/mol. The maximum Gasteiger partial charge on any atom is 0.331 e. The van der Waals surface area contributed by atoms with Crippen molar-refractivity contribution in [2.24, 2.45) is 0 Å². The molecule has 0 saturated carbocycles. The van der Waals surface area contributed by atoms with Crippen LogP contribution in [0.15, 0.2) is 42.5 Å². The number of methoxy groups -OCH3 is 1. The summed E-state index contributed by atoms with van der Waals surface area (Å²) in [7, 11) is 1.57. The van der Waals surface area contributed by atoms with E-state index in [-0.39, 0.29) is 18.4 Å². The normalized spacial score (nSPS) is 10.9. The van der Waals surface area contributed by atoms with Gasteiger partial charge >= 0.3 is 5.97 Å². The minimum Gasteiger partial charge on any atom is -0.493 e. The number of ether oxygens (including phenoxy) is 3. The molecule has 2 aromatic carbocycles. The third-order valence-corrected chi connectivity index (χ3v) is 4.44. The fourth-order valence-electron chi connectivity index (χ4n) is 2.93. The van der Waals surface area contributed by atoms with Crippen molar-refractivity contribution in [3.63, 3.8) is 0 Å². The molecule has 0 unspecified atom stereocenters. The van der Waals surface area contributed by atoms with Crippen molar-refractivity contribution < 1.29 is 23.8 Å². The highest BCUT2D eigenvalue weighted by molar-refractivity contribution is 5.95. The van der Waals surface area contributed by atoms with Crippen LogP contribution in [-0.4, -0.2) is 32.2 Å². The third-order valence-electron chi connectivity index (χ3n) is 4.44. The smallest absolute Gasteiger partial charge is 0.331 e. The lowest BCUT2D eigenvalue weighted by Gasteiger charge is -2.16. The number of hydrogen-bond acceptors (Lipinski definition) is 5. The van der Waals surface area contributed by atoms with Crippen LogP contribution in [-0.2, 0) is 14.3 Å². The summed E-state index contributed by atoms with van der Waals surface area (Å²) in [5, 5.41) is 2.85. The first-order valence-electron chi connectivity index (χ1n) is 9.90. The summed E-state index contributed by atoms with van der Waals surface area (Å²) in [6.45, 7) is 8.08. The van der Waals surface area contributed by atoms with E-state index in [1.54, 1.807) is 31.4 Å². The van der Waals surface area contributed by atoms with Gasteiger partial charge in [0, 0.05) is 11.8 Å². The zero-order valence-corrected chi connectivity index (χ0v) is 18.2. The number of benzene rings is 2. The molecule has 0 radical (unpaired) electrons. The van der Waals surface area contributed by atoms with Crippen LogP contribution in [0.3, 0.4) is 0 Å². The molecule has 2 rings (SSSR count). The van der Waals surface area contributed by atoms with Crippen molar-refractivity contribution in [2.75, 3.05) is 25.6 Å². The van der Waals surface area contributed by atoms with Gasteiger partial charge in [0.05, 0.1) is 13.7 Å². The number of anilines is 1. The number of rotatable bonds is 9. The van der Waals surface area contributed by atoms with E-state index < -0.39 is 5.97 Å². The summed E-state index contributed by atoms with van der Waals surface area (Å²) in [5.41, 5.74) is 3.53. The zero-order valence-electron chi connectivity index (χ0n) is 18.2. The van der Waals surface area contributed by atoms with E-state index in [0.717, 1.165) is 22.4 Å². The molecule has 0 atom stereocenters. The Balaban J connectivity index is 1.95. The minimum atomic E-state index is -0.604. The van der Waals surface area contributed by atoms with Crippen LogP contribution in [0.1, 0.15) is 43.4 Å². The number of nitrogens with one attached hydrogen (secondary N) is 1. The molecule has 1 amide bonds. The lowest BCUT2D eigenvalue weighted by Crippen LogP contribution is -2.21. The number of hydrogen-bond donors (Lipinski definition) is 1. The first-order chi connectivity index (χ1) is 14.3. The molecule has 30 heavy (non-hydrogen) atoms. The molecule has 0 heterocycles. The Labute approximate surface area is 177 Å². The first-order valence-corrected chi connectivity index (χ1v) is 9.90. The summed E-state index contributed by atoms with van der Waals surface area (Å²) < 4.78 is 15.8. The van der Waals surface area contributed by atoms with Crippen molar-refractivity contribution in [3.05, 3.63) is 59.2 Å². The van der Waals surface area contributed by atoms with E-state index in [0.29, 0.717) is 18.1 Å². The maximum absolute atomic E-state index is 12.3.